The Balaban J connectivity index is 1.43. The Labute approximate surface area is 179 Å². The van der Waals surface area contributed by atoms with E-state index >= 15 is 0 Å². The van der Waals surface area contributed by atoms with Crippen molar-refractivity contribution in [2.24, 2.45) is 7.05 Å². The van der Waals surface area contributed by atoms with Gasteiger partial charge in [-0.25, -0.2) is 14.6 Å². The van der Waals surface area contributed by atoms with Gasteiger partial charge in [0, 0.05) is 31.4 Å². The molecule has 0 aliphatic heterocycles. The smallest absolute Gasteiger partial charge is 0.270 e. The number of pyridine rings is 1. The number of hydrogen-bond acceptors (Lipinski definition) is 5. The first-order chi connectivity index (χ1) is 14.9. The lowest BCUT2D eigenvalue weighted by atomic mass is 10.2. The van der Waals surface area contributed by atoms with E-state index in [1.54, 1.807) is 35.4 Å². The van der Waals surface area contributed by atoms with E-state index in [-0.39, 0.29) is 35.8 Å². The highest BCUT2D eigenvalue weighted by atomic mass is 16.2. The van der Waals surface area contributed by atoms with Crippen molar-refractivity contribution in [2.45, 2.75) is 26.4 Å². The maximum absolute atomic E-state index is 12.5. The number of carbonyl (C=O) groups excluding carboxylic acids is 2. The molecule has 3 aromatic heterocycles. The van der Waals surface area contributed by atoms with Crippen LogP contribution in [0.4, 0.5) is 0 Å². The van der Waals surface area contributed by atoms with Crippen LogP contribution in [-0.4, -0.2) is 42.2 Å². The molecule has 0 radical (unpaired) electrons. The summed E-state index contributed by atoms with van der Waals surface area (Å²) in [5, 5.41) is 9.98. The molecule has 0 bridgehead atoms. The predicted octanol–water partition coefficient (Wildman–Crippen LogP) is 2.22. The minimum Gasteiger partial charge on any atom is -0.349 e. The second-order valence-corrected chi connectivity index (χ2v) is 7.54. The molecule has 0 unspecified atom stereocenters. The first-order valence-electron chi connectivity index (χ1n) is 9.92. The molecule has 31 heavy (non-hydrogen) atoms. The van der Waals surface area contributed by atoms with E-state index in [0.29, 0.717) is 0 Å². The Bertz CT molecular complexity index is 1260. The summed E-state index contributed by atoms with van der Waals surface area (Å²) in [6.07, 6.45) is 5.33. The minimum atomic E-state index is -0.358. The minimum absolute atomic E-state index is 0.0121. The van der Waals surface area contributed by atoms with Crippen LogP contribution in [0.5, 0.6) is 0 Å². The molecular formula is C22H23N7O2. The second kappa shape index (κ2) is 8.39. The maximum atomic E-state index is 12.5. The van der Waals surface area contributed by atoms with Gasteiger partial charge in [0.1, 0.15) is 11.4 Å². The van der Waals surface area contributed by atoms with Crippen molar-refractivity contribution in [1.29, 1.82) is 0 Å². The van der Waals surface area contributed by atoms with E-state index < -0.39 is 0 Å². The van der Waals surface area contributed by atoms with Gasteiger partial charge in [-0.1, -0.05) is 6.07 Å². The van der Waals surface area contributed by atoms with Crippen molar-refractivity contribution in [3.8, 4) is 5.69 Å². The summed E-state index contributed by atoms with van der Waals surface area (Å²) in [5.74, 6) is -0.667. The lowest BCUT2D eigenvalue weighted by molar-refractivity contribution is 0.0936. The second-order valence-electron chi connectivity index (χ2n) is 7.54. The van der Waals surface area contributed by atoms with Gasteiger partial charge >= 0.3 is 0 Å². The van der Waals surface area contributed by atoms with Crippen LogP contribution in [0.1, 0.15) is 40.4 Å². The zero-order valence-electron chi connectivity index (χ0n) is 17.5. The first-order valence-corrected chi connectivity index (χ1v) is 9.92. The third-order valence-electron chi connectivity index (χ3n) is 4.70. The van der Waals surface area contributed by atoms with Crippen LogP contribution in [0.2, 0.25) is 0 Å². The SMILES string of the molecule is CC(C)NC(=O)c1cccc(C(=O)NCc2cnn(-c3ccc4ncn(C)c4c3)c2)n1. The molecule has 0 saturated carbocycles. The monoisotopic (exact) mass is 417 g/mol. The van der Waals surface area contributed by atoms with Crippen LogP contribution in [0, 0.1) is 0 Å². The number of rotatable bonds is 6. The van der Waals surface area contributed by atoms with Gasteiger partial charge in [0.15, 0.2) is 0 Å². The number of benzene rings is 1. The lowest BCUT2D eigenvalue weighted by Gasteiger charge is -2.08. The Kier molecular flexibility index (Phi) is 5.48. The molecule has 0 atom stereocenters. The normalized spacial score (nSPS) is 11.1. The van der Waals surface area contributed by atoms with Crippen LogP contribution >= 0.6 is 0 Å². The molecule has 158 valence electrons. The Morgan fingerprint density at radius 3 is 2.65 bits per heavy atom. The number of aryl methyl sites for hydroxylation is 1. The third-order valence-corrected chi connectivity index (χ3v) is 4.70. The van der Waals surface area contributed by atoms with Gasteiger partial charge in [-0.05, 0) is 44.2 Å². The van der Waals surface area contributed by atoms with Gasteiger partial charge in [0.05, 0.1) is 29.2 Å². The topological polar surface area (TPSA) is 107 Å². The standard InChI is InChI=1S/C22H23N7O2/c1-14(2)26-22(31)19-6-4-5-18(27-19)21(30)23-10-15-11-25-29(12-15)16-7-8-17-20(9-16)28(3)13-24-17/h4-9,11-14H,10H2,1-3H3,(H,23,30)(H,26,31). The summed E-state index contributed by atoms with van der Waals surface area (Å²) < 4.78 is 3.70. The number of fused-ring (bicyclic) bond motifs is 1. The fraction of sp³-hybridized carbons (Fsp3) is 0.227. The van der Waals surface area contributed by atoms with E-state index in [4.69, 9.17) is 0 Å². The van der Waals surface area contributed by atoms with E-state index in [9.17, 15) is 9.59 Å². The molecule has 2 N–H and O–H groups in total. The van der Waals surface area contributed by atoms with E-state index in [2.05, 4.69) is 25.7 Å². The quantitative estimate of drug-likeness (QED) is 0.500. The zero-order chi connectivity index (χ0) is 22.0. The van der Waals surface area contributed by atoms with Gasteiger partial charge in [-0.2, -0.15) is 5.10 Å². The molecule has 0 spiro atoms. The predicted molar refractivity (Wildman–Crippen MR) is 116 cm³/mol. The molecule has 9 heteroatoms. The number of nitrogens with one attached hydrogen (secondary N) is 2. The molecule has 0 saturated heterocycles. The first kappa shape index (κ1) is 20.3. The number of amides is 2. The van der Waals surface area contributed by atoms with Crippen LogP contribution in [0.15, 0.2) is 55.1 Å². The molecule has 0 aliphatic rings. The van der Waals surface area contributed by atoms with Crippen LogP contribution in [0.3, 0.4) is 0 Å². The lowest BCUT2D eigenvalue weighted by Crippen LogP contribution is -2.31. The highest BCUT2D eigenvalue weighted by molar-refractivity contribution is 5.96. The van der Waals surface area contributed by atoms with Crippen molar-refractivity contribution in [3.63, 3.8) is 0 Å². The molecule has 0 fully saturated rings. The molecule has 1 aromatic carbocycles. The summed E-state index contributed by atoms with van der Waals surface area (Å²) >= 11 is 0. The highest BCUT2D eigenvalue weighted by Crippen LogP contribution is 2.17. The van der Waals surface area contributed by atoms with Crippen molar-refractivity contribution in [1.82, 2.24) is 34.9 Å². The number of carbonyl (C=O) groups is 2. The molecule has 2 amide bonds. The number of imidazole rings is 1. The van der Waals surface area contributed by atoms with Crippen molar-refractivity contribution < 1.29 is 9.59 Å². The Morgan fingerprint density at radius 2 is 1.87 bits per heavy atom. The summed E-state index contributed by atoms with van der Waals surface area (Å²) in [5.41, 5.74) is 4.06. The van der Waals surface area contributed by atoms with Crippen molar-refractivity contribution in [3.05, 3.63) is 72.1 Å². The average Bonchev–Trinajstić information content (AvgIpc) is 3.38. The van der Waals surface area contributed by atoms with Gasteiger partial charge in [0.25, 0.3) is 11.8 Å². The van der Waals surface area contributed by atoms with Gasteiger partial charge in [0.2, 0.25) is 0 Å². The zero-order valence-corrected chi connectivity index (χ0v) is 17.5. The molecule has 4 rings (SSSR count). The van der Waals surface area contributed by atoms with Crippen LogP contribution < -0.4 is 10.6 Å². The van der Waals surface area contributed by atoms with E-state index in [1.807, 2.05) is 49.9 Å². The Morgan fingerprint density at radius 1 is 1.10 bits per heavy atom. The summed E-state index contributed by atoms with van der Waals surface area (Å²) in [4.78, 5) is 33.1. The Hall–Kier alpha value is -4.01. The average molecular weight is 417 g/mol. The fourth-order valence-electron chi connectivity index (χ4n) is 3.15. The maximum Gasteiger partial charge on any atom is 0.270 e. The van der Waals surface area contributed by atoms with Gasteiger partial charge in [-0.3, -0.25) is 9.59 Å². The van der Waals surface area contributed by atoms with E-state index in [1.165, 1.54) is 0 Å². The van der Waals surface area contributed by atoms with Crippen molar-refractivity contribution in [2.75, 3.05) is 0 Å². The molecule has 0 aliphatic carbocycles. The summed E-state index contributed by atoms with van der Waals surface area (Å²) in [6, 6.07) is 10.7. The fourth-order valence-corrected chi connectivity index (χ4v) is 3.15. The molecule has 3 heterocycles. The number of nitrogens with zero attached hydrogens (tertiary/aromatic N) is 5. The molecule has 4 aromatic rings. The number of aromatic nitrogens is 5. The third kappa shape index (κ3) is 4.45. The van der Waals surface area contributed by atoms with Crippen LogP contribution in [0.25, 0.3) is 16.7 Å². The number of hydrogen-bond donors (Lipinski definition) is 2. The van der Waals surface area contributed by atoms with Crippen molar-refractivity contribution >= 4 is 22.8 Å². The van der Waals surface area contributed by atoms with Gasteiger partial charge < -0.3 is 15.2 Å². The van der Waals surface area contributed by atoms with Gasteiger partial charge in [-0.15, -0.1) is 0 Å². The summed E-state index contributed by atoms with van der Waals surface area (Å²) in [7, 11) is 1.94. The highest BCUT2D eigenvalue weighted by Gasteiger charge is 2.13. The molecule has 9 nitrogen and oxygen atoms in total. The largest absolute Gasteiger partial charge is 0.349 e. The summed E-state index contributed by atoms with van der Waals surface area (Å²) in [6.45, 7) is 4.02. The van der Waals surface area contributed by atoms with Crippen LogP contribution in [-0.2, 0) is 13.6 Å². The van der Waals surface area contributed by atoms with E-state index in [0.717, 1.165) is 22.3 Å². The molecular weight excluding hydrogens is 394 g/mol.